The Kier molecular flexibility index (Phi) is 5.51. The quantitative estimate of drug-likeness (QED) is 0.585. The van der Waals surface area contributed by atoms with Crippen LogP contribution in [0.4, 0.5) is 11.4 Å². The second-order valence-corrected chi connectivity index (χ2v) is 9.69. The van der Waals surface area contributed by atoms with Crippen LogP contribution in [0.2, 0.25) is 0 Å². The average Bonchev–Trinajstić information content (AvgIpc) is 3.02. The van der Waals surface area contributed by atoms with E-state index >= 15 is 0 Å². The van der Waals surface area contributed by atoms with Crippen LogP contribution in [-0.4, -0.2) is 45.1 Å². The highest BCUT2D eigenvalue weighted by molar-refractivity contribution is 7.92. The number of rotatable bonds is 5. The molecule has 1 aliphatic heterocycles. The third-order valence-electron chi connectivity index (χ3n) is 5.50. The zero-order valence-electron chi connectivity index (χ0n) is 18.2. The third-order valence-corrected chi connectivity index (χ3v) is 7.28. The normalized spacial score (nSPS) is 13.1. The summed E-state index contributed by atoms with van der Waals surface area (Å²) in [4.78, 5) is 38.0. The summed E-state index contributed by atoms with van der Waals surface area (Å²) in [6.07, 6.45) is 0. The number of fused-ring (bicyclic) bond motifs is 1. The van der Waals surface area contributed by atoms with Gasteiger partial charge in [0.1, 0.15) is 0 Å². The zero-order valence-corrected chi connectivity index (χ0v) is 19.0. The lowest BCUT2D eigenvalue weighted by atomic mass is 10.1. The Hall–Kier alpha value is -3.98. The maximum atomic E-state index is 13.1. The van der Waals surface area contributed by atoms with Crippen molar-refractivity contribution < 1.29 is 22.8 Å². The molecule has 0 fully saturated rings. The highest BCUT2D eigenvalue weighted by Crippen LogP contribution is 2.26. The standard InChI is InChI=1S/C24H21N3O5S/c1-15-7-10-18(11-8-15)27(3)33(31,32)19-6-4-5-16(13-19)22(28)25-17-9-12-20-21(14-17)24(30)26(2)23(20)29/h4-14H,1-3H3,(H,25,28). The maximum Gasteiger partial charge on any atom is 0.264 e. The van der Waals surface area contributed by atoms with Gasteiger partial charge in [-0.3, -0.25) is 23.6 Å². The molecule has 0 radical (unpaired) electrons. The molecular formula is C24H21N3O5S. The molecule has 0 unspecified atom stereocenters. The lowest BCUT2D eigenvalue weighted by Crippen LogP contribution is -2.26. The van der Waals surface area contributed by atoms with Crippen molar-refractivity contribution in [2.24, 2.45) is 0 Å². The van der Waals surface area contributed by atoms with Crippen molar-refractivity contribution in [2.45, 2.75) is 11.8 Å². The minimum absolute atomic E-state index is 0.0328. The van der Waals surface area contributed by atoms with Gasteiger partial charge in [-0.25, -0.2) is 8.42 Å². The van der Waals surface area contributed by atoms with Crippen molar-refractivity contribution in [1.29, 1.82) is 0 Å². The molecule has 0 atom stereocenters. The van der Waals surface area contributed by atoms with Gasteiger partial charge in [0, 0.05) is 25.3 Å². The summed E-state index contributed by atoms with van der Waals surface area (Å²) >= 11 is 0. The van der Waals surface area contributed by atoms with Gasteiger partial charge in [-0.15, -0.1) is 0 Å². The van der Waals surface area contributed by atoms with Crippen molar-refractivity contribution >= 4 is 39.1 Å². The fourth-order valence-corrected chi connectivity index (χ4v) is 4.73. The highest BCUT2D eigenvalue weighted by Gasteiger charge is 2.32. The molecule has 3 amide bonds. The topological polar surface area (TPSA) is 104 Å². The van der Waals surface area contributed by atoms with E-state index < -0.39 is 27.7 Å². The molecule has 4 rings (SSSR count). The van der Waals surface area contributed by atoms with Crippen LogP contribution in [0.1, 0.15) is 36.6 Å². The zero-order chi connectivity index (χ0) is 23.9. The third kappa shape index (κ3) is 3.98. The van der Waals surface area contributed by atoms with Crippen molar-refractivity contribution in [3.63, 3.8) is 0 Å². The number of nitrogens with one attached hydrogen (secondary N) is 1. The first-order valence-electron chi connectivity index (χ1n) is 10.0. The average molecular weight is 464 g/mol. The summed E-state index contributed by atoms with van der Waals surface area (Å²) in [7, 11) is -1.05. The number of carbonyl (C=O) groups excluding carboxylic acids is 3. The number of nitrogens with zero attached hydrogens (tertiary/aromatic N) is 2. The van der Waals surface area contributed by atoms with Gasteiger partial charge in [0.05, 0.1) is 21.7 Å². The molecule has 0 spiro atoms. The molecule has 9 heteroatoms. The minimum atomic E-state index is -3.90. The Morgan fingerprint density at radius 1 is 0.909 bits per heavy atom. The number of anilines is 2. The lowest BCUT2D eigenvalue weighted by Gasteiger charge is -2.20. The monoisotopic (exact) mass is 463 g/mol. The van der Waals surface area contributed by atoms with E-state index in [0.29, 0.717) is 11.4 Å². The van der Waals surface area contributed by atoms with Gasteiger partial charge in [-0.2, -0.15) is 0 Å². The van der Waals surface area contributed by atoms with Crippen LogP contribution in [-0.2, 0) is 10.0 Å². The molecule has 0 saturated heterocycles. The first-order valence-corrected chi connectivity index (χ1v) is 11.5. The van der Waals surface area contributed by atoms with Gasteiger partial charge in [0.25, 0.3) is 27.7 Å². The lowest BCUT2D eigenvalue weighted by molar-refractivity contribution is 0.0692. The molecule has 33 heavy (non-hydrogen) atoms. The second-order valence-electron chi connectivity index (χ2n) is 7.72. The first-order chi connectivity index (χ1) is 15.6. The molecular weight excluding hydrogens is 442 g/mol. The van der Waals surface area contributed by atoms with E-state index in [0.717, 1.165) is 14.8 Å². The number of sulfonamides is 1. The van der Waals surface area contributed by atoms with Gasteiger partial charge >= 0.3 is 0 Å². The Morgan fingerprint density at radius 3 is 2.27 bits per heavy atom. The van der Waals surface area contributed by atoms with E-state index in [4.69, 9.17) is 0 Å². The van der Waals surface area contributed by atoms with Crippen LogP contribution >= 0.6 is 0 Å². The number of benzene rings is 3. The molecule has 0 aliphatic carbocycles. The molecule has 1 aliphatic rings. The summed E-state index contributed by atoms with van der Waals surface area (Å²) in [5, 5.41) is 2.65. The maximum absolute atomic E-state index is 13.1. The molecule has 1 N–H and O–H groups in total. The summed E-state index contributed by atoms with van der Waals surface area (Å²) in [5.41, 5.74) is 2.43. The van der Waals surface area contributed by atoms with Crippen LogP contribution in [0.15, 0.2) is 71.6 Å². The van der Waals surface area contributed by atoms with Crippen LogP contribution in [0.5, 0.6) is 0 Å². The molecule has 3 aromatic carbocycles. The SMILES string of the molecule is Cc1ccc(N(C)S(=O)(=O)c2cccc(C(=O)Nc3ccc4c(c3)C(=O)N(C)C4=O)c2)cc1. The predicted octanol–water partition coefficient (Wildman–Crippen LogP) is 3.30. The van der Waals surface area contributed by atoms with Crippen LogP contribution < -0.4 is 9.62 Å². The summed E-state index contributed by atoms with van der Waals surface area (Å²) in [5.74, 6) is -1.39. The van der Waals surface area contributed by atoms with Gasteiger partial charge in [0.2, 0.25) is 0 Å². The number of amides is 3. The fraction of sp³-hybridized carbons (Fsp3) is 0.125. The number of hydrogen-bond donors (Lipinski definition) is 1. The van der Waals surface area contributed by atoms with Crippen molar-refractivity contribution in [3.8, 4) is 0 Å². The molecule has 168 valence electrons. The van der Waals surface area contributed by atoms with Crippen molar-refractivity contribution in [2.75, 3.05) is 23.7 Å². The Labute approximate surface area is 191 Å². The van der Waals surface area contributed by atoms with Crippen molar-refractivity contribution in [1.82, 2.24) is 4.90 Å². The van der Waals surface area contributed by atoms with E-state index in [9.17, 15) is 22.8 Å². The number of hydrogen-bond acceptors (Lipinski definition) is 5. The predicted molar refractivity (Wildman–Crippen MR) is 124 cm³/mol. The van der Waals surface area contributed by atoms with E-state index in [1.165, 1.54) is 56.6 Å². The number of aryl methyl sites for hydroxylation is 1. The van der Waals surface area contributed by atoms with E-state index in [1.807, 2.05) is 19.1 Å². The molecule has 8 nitrogen and oxygen atoms in total. The molecule has 0 saturated carbocycles. The minimum Gasteiger partial charge on any atom is -0.322 e. The number of imide groups is 1. The Morgan fingerprint density at radius 2 is 1.58 bits per heavy atom. The van der Waals surface area contributed by atoms with E-state index in [1.54, 1.807) is 12.1 Å². The largest absolute Gasteiger partial charge is 0.322 e. The van der Waals surface area contributed by atoms with Crippen LogP contribution in [0.25, 0.3) is 0 Å². The van der Waals surface area contributed by atoms with Gasteiger partial charge < -0.3 is 5.32 Å². The second kappa shape index (κ2) is 8.18. The van der Waals surface area contributed by atoms with Gasteiger partial charge in [-0.05, 0) is 55.5 Å². The molecule has 0 bridgehead atoms. The van der Waals surface area contributed by atoms with Crippen LogP contribution in [0, 0.1) is 6.92 Å². The van der Waals surface area contributed by atoms with Crippen molar-refractivity contribution in [3.05, 3.63) is 89.0 Å². The molecule has 0 aromatic heterocycles. The number of carbonyl (C=O) groups is 3. The Balaban J connectivity index is 1.58. The Bertz CT molecular complexity index is 1400. The van der Waals surface area contributed by atoms with E-state index in [-0.39, 0.29) is 21.6 Å². The molecule has 3 aromatic rings. The van der Waals surface area contributed by atoms with E-state index in [2.05, 4.69) is 5.32 Å². The summed E-state index contributed by atoms with van der Waals surface area (Å²) in [6, 6.07) is 17.2. The van der Waals surface area contributed by atoms with Crippen LogP contribution in [0.3, 0.4) is 0 Å². The summed E-state index contributed by atoms with van der Waals surface area (Å²) in [6.45, 7) is 1.91. The highest BCUT2D eigenvalue weighted by atomic mass is 32.2. The van der Waals surface area contributed by atoms with Gasteiger partial charge in [0.15, 0.2) is 0 Å². The first kappa shape index (κ1) is 22.2. The molecule has 1 heterocycles. The van der Waals surface area contributed by atoms with Gasteiger partial charge in [-0.1, -0.05) is 23.8 Å². The smallest absolute Gasteiger partial charge is 0.264 e. The fourth-order valence-electron chi connectivity index (χ4n) is 3.49. The summed E-state index contributed by atoms with van der Waals surface area (Å²) < 4.78 is 27.3.